The molecule has 0 aromatic heterocycles. The number of hydrogen-bond acceptors (Lipinski definition) is 3. The summed E-state index contributed by atoms with van der Waals surface area (Å²) in [6, 6.07) is 13.8. The minimum Gasteiger partial charge on any atom is -0.489 e. The zero-order valence-electron chi connectivity index (χ0n) is 14.3. The van der Waals surface area contributed by atoms with Gasteiger partial charge in [-0.15, -0.1) is 0 Å². The van der Waals surface area contributed by atoms with Crippen molar-refractivity contribution < 1.29 is 13.9 Å². The van der Waals surface area contributed by atoms with Crippen LogP contribution in [0.3, 0.4) is 0 Å². The minimum absolute atomic E-state index is 0.0463. The predicted molar refractivity (Wildman–Crippen MR) is 92.2 cm³/mol. The van der Waals surface area contributed by atoms with Crippen LogP contribution in [0.25, 0.3) is 0 Å². The van der Waals surface area contributed by atoms with Crippen LogP contribution in [0.15, 0.2) is 48.5 Å². The lowest BCUT2D eigenvalue weighted by Gasteiger charge is -2.18. The molecule has 0 aliphatic carbocycles. The fourth-order valence-corrected chi connectivity index (χ4v) is 2.24. The lowest BCUT2D eigenvalue weighted by molar-refractivity contribution is -0.130. The van der Waals surface area contributed by atoms with Crippen LogP contribution in [0.2, 0.25) is 0 Å². The van der Waals surface area contributed by atoms with E-state index in [0.717, 1.165) is 16.9 Å². The SMILES string of the molecule is CC(NCc1ccc(OCc2cccc(F)c2)cc1)C(=O)N(C)C. The smallest absolute Gasteiger partial charge is 0.238 e. The number of rotatable bonds is 7. The summed E-state index contributed by atoms with van der Waals surface area (Å²) in [5, 5.41) is 3.19. The summed E-state index contributed by atoms with van der Waals surface area (Å²) in [7, 11) is 3.48. The molecular formula is C19H23FN2O2. The van der Waals surface area contributed by atoms with E-state index in [-0.39, 0.29) is 17.8 Å². The molecule has 2 aromatic rings. The van der Waals surface area contributed by atoms with Gasteiger partial charge in [0.25, 0.3) is 0 Å². The number of carbonyl (C=O) groups excluding carboxylic acids is 1. The molecule has 2 aromatic carbocycles. The third kappa shape index (κ3) is 5.35. The average Bonchev–Trinajstić information content (AvgIpc) is 2.58. The van der Waals surface area contributed by atoms with E-state index in [9.17, 15) is 9.18 Å². The first-order valence-corrected chi connectivity index (χ1v) is 7.86. The number of benzene rings is 2. The minimum atomic E-state index is -0.265. The van der Waals surface area contributed by atoms with Crippen LogP contribution in [0.4, 0.5) is 4.39 Å². The van der Waals surface area contributed by atoms with Crippen molar-refractivity contribution in [2.45, 2.75) is 26.1 Å². The van der Waals surface area contributed by atoms with Gasteiger partial charge in [0.15, 0.2) is 0 Å². The molecule has 0 spiro atoms. The third-order valence-electron chi connectivity index (χ3n) is 3.64. The van der Waals surface area contributed by atoms with Gasteiger partial charge < -0.3 is 15.0 Å². The molecule has 1 atom stereocenters. The van der Waals surface area contributed by atoms with Gasteiger partial charge in [-0.05, 0) is 42.3 Å². The Morgan fingerprint density at radius 3 is 2.50 bits per heavy atom. The molecule has 0 bridgehead atoms. The second-order valence-electron chi connectivity index (χ2n) is 5.90. The Hall–Kier alpha value is -2.40. The third-order valence-corrected chi connectivity index (χ3v) is 3.64. The number of nitrogens with one attached hydrogen (secondary N) is 1. The Labute approximate surface area is 142 Å². The van der Waals surface area contributed by atoms with Crippen molar-refractivity contribution in [1.29, 1.82) is 0 Å². The summed E-state index contributed by atoms with van der Waals surface area (Å²) in [4.78, 5) is 13.3. The van der Waals surface area contributed by atoms with Gasteiger partial charge in [0, 0.05) is 20.6 Å². The van der Waals surface area contributed by atoms with E-state index in [1.165, 1.54) is 12.1 Å². The topological polar surface area (TPSA) is 41.6 Å². The van der Waals surface area contributed by atoms with Crippen LogP contribution in [0, 0.1) is 5.82 Å². The highest BCUT2D eigenvalue weighted by atomic mass is 19.1. The largest absolute Gasteiger partial charge is 0.489 e. The van der Waals surface area contributed by atoms with Gasteiger partial charge in [-0.1, -0.05) is 24.3 Å². The van der Waals surface area contributed by atoms with E-state index in [0.29, 0.717) is 13.2 Å². The van der Waals surface area contributed by atoms with Crippen LogP contribution in [-0.4, -0.2) is 30.9 Å². The molecule has 128 valence electrons. The zero-order chi connectivity index (χ0) is 17.5. The number of carbonyl (C=O) groups is 1. The second kappa shape index (κ2) is 8.45. The molecule has 0 saturated carbocycles. The molecule has 24 heavy (non-hydrogen) atoms. The highest BCUT2D eigenvalue weighted by molar-refractivity contribution is 5.80. The molecule has 0 aliphatic heterocycles. The molecule has 1 N–H and O–H groups in total. The molecule has 1 unspecified atom stereocenters. The number of ether oxygens (including phenoxy) is 1. The summed E-state index contributed by atoms with van der Waals surface area (Å²) < 4.78 is 18.8. The summed E-state index contributed by atoms with van der Waals surface area (Å²) in [5.74, 6) is 0.504. The van der Waals surface area contributed by atoms with Crippen molar-refractivity contribution in [2.24, 2.45) is 0 Å². The number of hydrogen-bond donors (Lipinski definition) is 1. The molecule has 0 aliphatic rings. The number of likely N-dealkylation sites (N-methyl/N-ethyl adjacent to an activating group) is 1. The first-order chi connectivity index (χ1) is 11.5. The Morgan fingerprint density at radius 1 is 1.17 bits per heavy atom. The van der Waals surface area contributed by atoms with Gasteiger partial charge in [-0.2, -0.15) is 0 Å². The van der Waals surface area contributed by atoms with Crippen molar-refractivity contribution in [2.75, 3.05) is 14.1 Å². The van der Waals surface area contributed by atoms with E-state index in [4.69, 9.17) is 4.74 Å². The second-order valence-corrected chi connectivity index (χ2v) is 5.90. The molecule has 1 amide bonds. The molecule has 0 radical (unpaired) electrons. The predicted octanol–water partition coefficient (Wildman–Crippen LogP) is 2.97. The number of nitrogens with zero attached hydrogens (tertiary/aromatic N) is 1. The van der Waals surface area contributed by atoms with Crippen LogP contribution >= 0.6 is 0 Å². The van der Waals surface area contributed by atoms with Crippen molar-refractivity contribution >= 4 is 5.91 Å². The maximum atomic E-state index is 13.1. The van der Waals surface area contributed by atoms with E-state index < -0.39 is 0 Å². The van der Waals surface area contributed by atoms with Gasteiger partial charge in [0.2, 0.25) is 5.91 Å². The molecule has 0 fully saturated rings. The van der Waals surface area contributed by atoms with Crippen LogP contribution in [0.1, 0.15) is 18.1 Å². The quantitative estimate of drug-likeness (QED) is 0.849. The van der Waals surface area contributed by atoms with Gasteiger partial charge in [0.05, 0.1) is 6.04 Å². The molecule has 5 heteroatoms. The lowest BCUT2D eigenvalue weighted by Crippen LogP contribution is -2.41. The summed E-state index contributed by atoms with van der Waals surface area (Å²) in [5.41, 5.74) is 1.85. The summed E-state index contributed by atoms with van der Waals surface area (Å²) in [6.07, 6.45) is 0. The normalized spacial score (nSPS) is 11.8. The van der Waals surface area contributed by atoms with E-state index in [2.05, 4.69) is 5.32 Å². The van der Waals surface area contributed by atoms with Crippen molar-refractivity contribution in [3.05, 3.63) is 65.5 Å². The lowest BCUT2D eigenvalue weighted by atomic mass is 10.2. The van der Waals surface area contributed by atoms with Gasteiger partial charge in [-0.3, -0.25) is 4.79 Å². The Kier molecular flexibility index (Phi) is 6.32. The van der Waals surface area contributed by atoms with E-state index in [1.807, 2.05) is 37.3 Å². The monoisotopic (exact) mass is 330 g/mol. The first kappa shape index (κ1) is 17.9. The fraction of sp³-hybridized carbons (Fsp3) is 0.316. The van der Waals surface area contributed by atoms with E-state index >= 15 is 0 Å². The van der Waals surface area contributed by atoms with Gasteiger partial charge >= 0.3 is 0 Å². The molecule has 4 nitrogen and oxygen atoms in total. The number of amides is 1. The van der Waals surface area contributed by atoms with Crippen molar-refractivity contribution in [3.8, 4) is 5.75 Å². The standard InChI is InChI=1S/C19H23FN2O2/c1-14(19(23)22(2)3)21-12-15-7-9-18(10-8-15)24-13-16-5-4-6-17(20)11-16/h4-11,14,21H,12-13H2,1-3H3. The fourth-order valence-electron chi connectivity index (χ4n) is 2.24. The van der Waals surface area contributed by atoms with Crippen molar-refractivity contribution in [1.82, 2.24) is 10.2 Å². The summed E-state index contributed by atoms with van der Waals surface area (Å²) in [6.45, 7) is 2.77. The maximum Gasteiger partial charge on any atom is 0.238 e. The van der Waals surface area contributed by atoms with Crippen LogP contribution < -0.4 is 10.1 Å². The zero-order valence-corrected chi connectivity index (χ0v) is 14.3. The highest BCUT2D eigenvalue weighted by Gasteiger charge is 2.13. The maximum absolute atomic E-state index is 13.1. The van der Waals surface area contributed by atoms with Gasteiger partial charge in [-0.25, -0.2) is 4.39 Å². The average molecular weight is 330 g/mol. The van der Waals surface area contributed by atoms with Crippen molar-refractivity contribution in [3.63, 3.8) is 0 Å². The van der Waals surface area contributed by atoms with Crippen LogP contribution in [-0.2, 0) is 17.9 Å². The summed E-state index contributed by atoms with van der Waals surface area (Å²) >= 11 is 0. The number of halogens is 1. The highest BCUT2D eigenvalue weighted by Crippen LogP contribution is 2.15. The van der Waals surface area contributed by atoms with E-state index in [1.54, 1.807) is 25.1 Å². The van der Waals surface area contributed by atoms with Crippen LogP contribution in [0.5, 0.6) is 5.75 Å². The molecule has 0 heterocycles. The first-order valence-electron chi connectivity index (χ1n) is 7.86. The molecule has 0 saturated heterocycles. The molecule has 2 rings (SSSR count). The molecular weight excluding hydrogens is 307 g/mol. The Morgan fingerprint density at radius 2 is 1.88 bits per heavy atom. The Bertz CT molecular complexity index is 671. The Balaban J connectivity index is 1.83. The van der Waals surface area contributed by atoms with Gasteiger partial charge in [0.1, 0.15) is 18.2 Å².